The molecule has 0 spiro atoms. The Morgan fingerprint density at radius 1 is 1.09 bits per heavy atom. The van der Waals surface area contributed by atoms with Gasteiger partial charge in [-0.05, 0) is 67.1 Å². The number of carboxylic acid groups (broad SMARTS) is 1. The lowest BCUT2D eigenvalue weighted by atomic mass is 9.64. The zero-order valence-electron chi connectivity index (χ0n) is 22.2. The molecule has 0 amide bonds. The SMILES string of the molecule is CCC(C)C(C)CC[C@H]1CCC[C@@H]([C@@H](C)[C@H](O)OC2C3CC(C(=O)O)CC32)C1CC.CON=O. The highest BCUT2D eigenvalue weighted by atomic mass is 16.7. The van der Waals surface area contributed by atoms with E-state index in [9.17, 15) is 15.0 Å². The first-order chi connectivity index (χ1) is 16.2. The fourth-order valence-electron chi connectivity index (χ4n) is 6.89. The van der Waals surface area contributed by atoms with Gasteiger partial charge < -0.3 is 19.8 Å². The van der Waals surface area contributed by atoms with Gasteiger partial charge in [-0.3, -0.25) is 4.79 Å². The Labute approximate surface area is 206 Å². The van der Waals surface area contributed by atoms with Gasteiger partial charge in [-0.15, -0.1) is 4.91 Å². The van der Waals surface area contributed by atoms with E-state index in [0.29, 0.717) is 23.7 Å². The molecule has 7 heteroatoms. The van der Waals surface area contributed by atoms with Gasteiger partial charge in [0.05, 0.1) is 12.0 Å². The van der Waals surface area contributed by atoms with Crippen LogP contribution in [-0.4, -0.2) is 35.7 Å². The van der Waals surface area contributed by atoms with Crippen LogP contribution in [-0.2, 0) is 14.4 Å². The minimum absolute atomic E-state index is 0.0916. The largest absolute Gasteiger partial charge is 0.481 e. The number of carboxylic acids is 1. The van der Waals surface area contributed by atoms with Crippen LogP contribution in [0, 0.1) is 58.2 Å². The van der Waals surface area contributed by atoms with Crippen LogP contribution >= 0.6 is 0 Å². The Balaban J connectivity index is 0.000000945. The van der Waals surface area contributed by atoms with E-state index < -0.39 is 12.3 Å². The van der Waals surface area contributed by atoms with Gasteiger partial charge in [0.1, 0.15) is 7.11 Å². The van der Waals surface area contributed by atoms with Crippen LogP contribution in [0.2, 0.25) is 0 Å². The molecule has 3 fully saturated rings. The Morgan fingerprint density at radius 3 is 2.21 bits per heavy atom. The van der Waals surface area contributed by atoms with Gasteiger partial charge in [-0.2, -0.15) is 0 Å². The summed E-state index contributed by atoms with van der Waals surface area (Å²) in [4.78, 5) is 23.5. The molecule has 34 heavy (non-hydrogen) atoms. The topological polar surface area (TPSA) is 105 Å². The van der Waals surface area contributed by atoms with E-state index in [0.717, 1.165) is 30.6 Å². The van der Waals surface area contributed by atoms with Crippen LogP contribution in [0.1, 0.15) is 92.4 Å². The molecule has 0 heterocycles. The van der Waals surface area contributed by atoms with E-state index in [2.05, 4.69) is 39.5 Å². The summed E-state index contributed by atoms with van der Waals surface area (Å²) in [6.07, 6.45) is 9.77. The average Bonchev–Trinajstić information content (AvgIpc) is 3.27. The van der Waals surface area contributed by atoms with Gasteiger partial charge in [0.2, 0.25) is 0 Å². The van der Waals surface area contributed by atoms with Gasteiger partial charge >= 0.3 is 5.97 Å². The van der Waals surface area contributed by atoms with Gasteiger partial charge in [-0.25, -0.2) is 0 Å². The van der Waals surface area contributed by atoms with Gasteiger partial charge in [0.25, 0.3) is 0 Å². The van der Waals surface area contributed by atoms with E-state index in [-0.39, 0.29) is 17.9 Å². The Morgan fingerprint density at radius 2 is 1.71 bits per heavy atom. The standard InChI is InChI=1S/C26H46O4.CH3NO2/c1-6-15(3)16(4)11-12-18-9-8-10-21(20(18)7-2)17(5)26(29)30-24-22-13-19(25(27)28)14-23(22)24;1-4-2-3/h15-24,26,29H,6-14H2,1-5H3,(H,27,28);1H3/t15?,16?,17-,18-,19?,20?,21+,22?,23?,24?,26-;/m1./s1. The van der Waals surface area contributed by atoms with Crippen molar-refractivity contribution in [3.05, 3.63) is 4.91 Å². The van der Waals surface area contributed by atoms with Crippen molar-refractivity contribution in [2.24, 2.45) is 58.6 Å². The molecule has 0 aromatic heterocycles. The highest BCUT2D eigenvalue weighted by Crippen LogP contribution is 2.57. The first-order valence-electron chi connectivity index (χ1n) is 13.6. The molecule has 9 atom stereocenters. The summed E-state index contributed by atoms with van der Waals surface area (Å²) >= 11 is 0. The molecular weight excluding hydrogens is 434 g/mol. The van der Waals surface area contributed by atoms with E-state index in [4.69, 9.17) is 9.64 Å². The number of ether oxygens (including phenoxy) is 1. The smallest absolute Gasteiger partial charge is 0.306 e. The quantitative estimate of drug-likeness (QED) is 0.192. The Hall–Kier alpha value is -1.21. The number of aliphatic hydroxyl groups is 1. The molecule has 3 saturated carbocycles. The number of carbonyl (C=O) groups is 1. The van der Waals surface area contributed by atoms with Crippen LogP contribution in [0.3, 0.4) is 0 Å². The molecule has 5 unspecified atom stereocenters. The number of hydrogen-bond donors (Lipinski definition) is 2. The molecule has 0 saturated heterocycles. The van der Waals surface area contributed by atoms with Crippen molar-refractivity contribution in [1.82, 2.24) is 0 Å². The molecule has 3 aliphatic carbocycles. The average molecular weight is 484 g/mol. The molecule has 3 rings (SSSR count). The molecule has 3 aliphatic rings. The summed E-state index contributed by atoms with van der Waals surface area (Å²) in [5.74, 6) is 3.60. The lowest BCUT2D eigenvalue weighted by molar-refractivity contribution is -0.167. The number of hydrogen-bond acceptors (Lipinski definition) is 6. The van der Waals surface area contributed by atoms with Crippen molar-refractivity contribution in [3.8, 4) is 0 Å². The summed E-state index contributed by atoms with van der Waals surface area (Å²) in [5, 5.41) is 22.1. The molecular formula is C27H49NO6. The Bertz CT molecular complexity index is 618. The maximum absolute atomic E-state index is 11.2. The molecule has 198 valence electrons. The minimum atomic E-state index is -0.708. The van der Waals surface area contributed by atoms with Crippen molar-refractivity contribution >= 4 is 5.97 Å². The van der Waals surface area contributed by atoms with E-state index in [1.165, 1.54) is 52.1 Å². The molecule has 0 aromatic carbocycles. The summed E-state index contributed by atoms with van der Waals surface area (Å²) < 4.78 is 6.11. The van der Waals surface area contributed by atoms with Crippen LogP contribution < -0.4 is 0 Å². The van der Waals surface area contributed by atoms with Gasteiger partial charge in [-0.1, -0.05) is 66.7 Å². The second-order valence-corrected chi connectivity index (χ2v) is 11.3. The van der Waals surface area contributed by atoms with Crippen molar-refractivity contribution < 1.29 is 24.6 Å². The van der Waals surface area contributed by atoms with Gasteiger partial charge in [0.15, 0.2) is 11.6 Å². The number of rotatable bonds is 12. The molecule has 0 aliphatic heterocycles. The van der Waals surface area contributed by atoms with E-state index in [1.807, 2.05) is 5.34 Å². The van der Waals surface area contributed by atoms with E-state index >= 15 is 0 Å². The molecule has 2 N–H and O–H groups in total. The summed E-state index contributed by atoms with van der Waals surface area (Å²) in [6, 6.07) is 0. The fourth-order valence-corrected chi connectivity index (χ4v) is 6.89. The first kappa shape index (κ1) is 29.0. The molecule has 0 aromatic rings. The molecule has 0 bridgehead atoms. The summed E-state index contributed by atoms with van der Waals surface area (Å²) in [7, 11) is 1.20. The number of nitrogens with zero attached hydrogens (tertiary/aromatic N) is 1. The number of aliphatic carboxylic acids is 1. The highest BCUT2D eigenvalue weighted by Gasteiger charge is 2.59. The van der Waals surface area contributed by atoms with Crippen LogP contribution in [0.15, 0.2) is 5.34 Å². The van der Waals surface area contributed by atoms with Crippen molar-refractivity contribution in [2.45, 2.75) is 105 Å². The third-order valence-corrected chi connectivity index (χ3v) is 9.56. The zero-order chi connectivity index (χ0) is 25.4. The van der Waals surface area contributed by atoms with Gasteiger partial charge in [0, 0.05) is 5.92 Å². The third kappa shape index (κ3) is 7.39. The minimum Gasteiger partial charge on any atom is -0.481 e. The fraction of sp³-hybridized carbons (Fsp3) is 0.963. The summed E-state index contributed by atoms with van der Waals surface area (Å²) in [5.41, 5.74) is 0. The second-order valence-electron chi connectivity index (χ2n) is 11.3. The maximum Gasteiger partial charge on any atom is 0.306 e. The predicted molar refractivity (Wildman–Crippen MR) is 133 cm³/mol. The van der Waals surface area contributed by atoms with Crippen molar-refractivity contribution in [1.29, 1.82) is 0 Å². The van der Waals surface area contributed by atoms with Crippen molar-refractivity contribution in [2.75, 3.05) is 7.11 Å². The zero-order valence-corrected chi connectivity index (χ0v) is 22.2. The third-order valence-electron chi connectivity index (χ3n) is 9.56. The van der Waals surface area contributed by atoms with E-state index in [1.54, 1.807) is 0 Å². The Kier molecular flexibility index (Phi) is 11.8. The van der Waals surface area contributed by atoms with Crippen molar-refractivity contribution in [3.63, 3.8) is 0 Å². The molecule has 0 radical (unpaired) electrons. The van der Waals surface area contributed by atoms with Crippen LogP contribution in [0.25, 0.3) is 0 Å². The summed E-state index contributed by atoms with van der Waals surface area (Å²) in [6.45, 7) is 11.6. The number of aliphatic hydroxyl groups excluding tert-OH is 1. The van der Waals surface area contributed by atoms with Crippen LogP contribution in [0.5, 0.6) is 0 Å². The lowest BCUT2D eigenvalue weighted by Gasteiger charge is -2.42. The first-order valence-corrected chi connectivity index (χ1v) is 13.6. The normalized spacial score (nSPS) is 35.7. The second kappa shape index (κ2) is 13.8. The lowest BCUT2D eigenvalue weighted by Crippen LogP contribution is -2.38. The predicted octanol–water partition coefficient (Wildman–Crippen LogP) is 6.29. The monoisotopic (exact) mass is 483 g/mol. The maximum atomic E-state index is 11.2. The molecule has 7 nitrogen and oxygen atoms in total. The number of fused-ring (bicyclic) bond motifs is 1. The highest BCUT2D eigenvalue weighted by molar-refractivity contribution is 5.70. The van der Waals surface area contributed by atoms with Crippen LogP contribution in [0.4, 0.5) is 0 Å².